The SMILES string of the molecule is COc1cccc(NC(=S)c2c(N)nc(N3CCC(C)CC3)[nH]c2=O)c1. The molecule has 0 bridgehead atoms. The maximum atomic E-state index is 12.6. The fraction of sp³-hybridized carbons (Fsp3) is 0.389. The standard InChI is InChI=1S/C18H23N5O2S/c1-11-6-8-23(9-7-11)18-21-15(19)14(16(24)22-18)17(26)20-12-4-3-5-13(10-12)25-2/h3-5,10-11H,6-9H2,1-2H3,(H,20,26)(H3,19,21,22,24). The Morgan fingerprint density at radius 2 is 2.15 bits per heavy atom. The molecule has 3 rings (SSSR count). The average Bonchev–Trinajstić information content (AvgIpc) is 2.61. The van der Waals surface area contributed by atoms with E-state index in [1.807, 2.05) is 18.2 Å². The topological polar surface area (TPSA) is 96.3 Å². The van der Waals surface area contributed by atoms with Crippen molar-refractivity contribution >= 4 is 34.7 Å². The van der Waals surface area contributed by atoms with Crippen molar-refractivity contribution in [3.8, 4) is 5.75 Å². The van der Waals surface area contributed by atoms with Gasteiger partial charge in [0.1, 0.15) is 22.1 Å². The molecule has 1 aromatic carbocycles. The number of nitrogens with two attached hydrogens (primary N) is 1. The molecule has 138 valence electrons. The minimum atomic E-state index is -0.341. The summed E-state index contributed by atoms with van der Waals surface area (Å²) in [4.78, 5) is 22.0. The van der Waals surface area contributed by atoms with Gasteiger partial charge in [0.2, 0.25) is 5.95 Å². The molecule has 2 aromatic rings. The van der Waals surface area contributed by atoms with Crippen LogP contribution in [0.4, 0.5) is 17.5 Å². The lowest BCUT2D eigenvalue weighted by Crippen LogP contribution is -2.36. The third-order valence-electron chi connectivity index (χ3n) is 4.57. The van der Waals surface area contributed by atoms with Gasteiger partial charge in [-0.2, -0.15) is 4.98 Å². The Morgan fingerprint density at radius 3 is 2.81 bits per heavy atom. The summed E-state index contributed by atoms with van der Waals surface area (Å²) in [5.41, 5.74) is 6.60. The number of ether oxygens (including phenoxy) is 1. The maximum Gasteiger partial charge on any atom is 0.264 e. The van der Waals surface area contributed by atoms with Crippen LogP contribution in [0.2, 0.25) is 0 Å². The summed E-state index contributed by atoms with van der Waals surface area (Å²) in [7, 11) is 1.59. The number of nitrogens with one attached hydrogen (secondary N) is 2. The number of aromatic amines is 1. The monoisotopic (exact) mass is 373 g/mol. The van der Waals surface area contributed by atoms with Crippen molar-refractivity contribution in [1.82, 2.24) is 9.97 Å². The van der Waals surface area contributed by atoms with E-state index < -0.39 is 0 Å². The Labute approximate surface area is 157 Å². The first-order valence-corrected chi connectivity index (χ1v) is 8.99. The van der Waals surface area contributed by atoms with Crippen molar-refractivity contribution < 1.29 is 4.74 Å². The lowest BCUT2D eigenvalue weighted by Gasteiger charge is -2.30. The van der Waals surface area contributed by atoms with E-state index in [4.69, 9.17) is 22.7 Å². The molecule has 0 spiro atoms. The Morgan fingerprint density at radius 1 is 1.42 bits per heavy atom. The van der Waals surface area contributed by atoms with Crippen LogP contribution in [0.5, 0.6) is 5.75 Å². The number of aromatic nitrogens is 2. The van der Waals surface area contributed by atoms with Gasteiger partial charge in [-0.15, -0.1) is 0 Å². The predicted molar refractivity (Wildman–Crippen MR) is 108 cm³/mol. The van der Waals surface area contributed by atoms with E-state index >= 15 is 0 Å². The molecular formula is C18H23N5O2S. The summed E-state index contributed by atoms with van der Waals surface area (Å²) in [5, 5.41) is 3.02. The lowest BCUT2D eigenvalue weighted by molar-refractivity contribution is 0.415. The highest BCUT2D eigenvalue weighted by Gasteiger charge is 2.21. The van der Waals surface area contributed by atoms with E-state index in [1.165, 1.54) is 0 Å². The van der Waals surface area contributed by atoms with Gasteiger partial charge in [-0.3, -0.25) is 9.78 Å². The lowest BCUT2D eigenvalue weighted by atomic mass is 10.00. The highest BCUT2D eigenvalue weighted by Crippen LogP contribution is 2.21. The van der Waals surface area contributed by atoms with Crippen LogP contribution >= 0.6 is 12.2 Å². The average molecular weight is 373 g/mol. The molecule has 2 heterocycles. The molecule has 0 aliphatic carbocycles. The highest BCUT2D eigenvalue weighted by atomic mass is 32.1. The summed E-state index contributed by atoms with van der Waals surface area (Å²) in [6.07, 6.45) is 2.14. The Bertz CT molecular complexity index is 859. The summed E-state index contributed by atoms with van der Waals surface area (Å²) in [6, 6.07) is 7.27. The Balaban J connectivity index is 1.81. The van der Waals surface area contributed by atoms with Crippen LogP contribution in [-0.2, 0) is 0 Å². The maximum absolute atomic E-state index is 12.6. The number of hydrogen-bond acceptors (Lipinski definition) is 6. The number of methoxy groups -OCH3 is 1. The van der Waals surface area contributed by atoms with Gasteiger partial charge in [0, 0.05) is 24.8 Å². The molecule has 0 saturated carbocycles. The van der Waals surface area contributed by atoms with E-state index in [1.54, 1.807) is 13.2 Å². The number of hydrogen-bond donors (Lipinski definition) is 3. The Kier molecular flexibility index (Phi) is 5.41. The summed E-state index contributed by atoms with van der Waals surface area (Å²) < 4.78 is 5.19. The second-order valence-corrected chi connectivity index (χ2v) is 6.91. The quantitative estimate of drug-likeness (QED) is 0.708. The van der Waals surface area contributed by atoms with E-state index in [-0.39, 0.29) is 21.9 Å². The molecule has 1 aromatic heterocycles. The molecule has 1 saturated heterocycles. The van der Waals surface area contributed by atoms with Crippen molar-refractivity contribution in [2.24, 2.45) is 5.92 Å². The minimum absolute atomic E-state index is 0.128. The summed E-state index contributed by atoms with van der Waals surface area (Å²) in [5.74, 6) is 2.01. The third-order valence-corrected chi connectivity index (χ3v) is 4.88. The number of nitrogens with zero attached hydrogens (tertiary/aromatic N) is 2. The van der Waals surface area contributed by atoms with Crippen molar-refractivity contribution in [2.45, 2.75) is 19.8 Å². The predicted octanol–water partition coefficient (Wildman–Crippen LogP) is 2.38. The number of benzene rings is 1. The first-order chi connectivity index (χ1) is 12.5. The number of rotatable bonds is 4. The molecule has 1 aliphatic rings. The largest absolute Gasteiger partial charge is 0.497 e. The smallest absolute Gasteiger partial charge is 0.264 e. The number of piperidine rings is 1. The van der Waals surface area contributed by atoms with E-state index in [0.29, 0.717) is 23.3 Å². The van der Waals surface area contributed by atoms with Gasteiger partial charge in [0.15, 0.2) is 0 Å². The molecule has 0 radical (unpaired) electrons. The number of H-pyrrole nitrogens is 1. The zero-order valence-electron chi connectivity index (χ0n) is 14.9. The number of nitrogen functional groups attached to an aromatic ring is 1. The highest BCUT2D eigenvalue weighted by molar-refractivity contribution is 7.81. The molecular weight excluding hydrogens is 350 g/mol. The molecule has 0 unspecified atom stereocenters. The van der Waals surface area contributed by atoms with Crippen LogP contribution < -0.4 is 26.2 Å². The zero-order valence-corrected chi connectivity index (χ0v) is 15.7. The number of anilines is 3. The van der Waals surface area contributed by atoms with Crippen molar-refractivity contribution in [3.63, 3.8) is 0 Å². The van der Waals surface area contributed by atoms with Gasteiger partial charge in [-0.1, -0.05) is 25.2 Å². The van der Waals surface area contributed by atoms with Gasteiger partial charge in [0.05, 0.1) is 7.11 Å². The molecule has 1 fully saturated rings. The van der Waals surface area contributed by atoms with Crippen LogP contribution in [-0.4, -0.2) is 35.2 Å². The van der Waals surface area contributed by atoms with Crippen LogP contribution in [0.1, 0.15) is 25.3 Å². The second-order valence-electron chi connectivity index (χ2n) is 6.51. The second kappa shape index (κ2) is 7.74. The zero-order chi connectivity index (χ0) is 18.7. The molecule has 0 amide bonds. The minimum Gasteiger partial charge on any atom is -0.497 e. The molecule has 1 aliphatic heterocycles. The van der Waals surface area contributed by atoms with Crippen molar-refractivity contribution in [1.29, 1.82) is 0 Å². The normalized spacial score (nSPS) is 14.9. The molecule has 7 nitrogen and oxygen atoms in total. The molecule has 8 heteroatoms. The van der Waals surface area contributed by atoms with Gasteiger partial charge in [0.25, 0.3) is 5.56 Å². The van der Waals surface area contributed by atoms with Crippen LogP contribution in [0.15, 0.2) is 29.1 Å². The van der Waals surface area contributed by atoms with Gasteiger partial charge in [-0.25, -0.2) is 0 Å². The summed E-state index contributed by atoms with van der Waals surface area (Å²) in [6.45, 7) is 3.94. The van der Waals surface area contributed by atoms with Crippen LogP contribution in [0.3, 0.4) is 0 Å². The fourth-order valence-electron chi connectivity index (χ4n) is 2.96. The Hall–Kier alpha value is -2.61. The first-order valence-electron chi connectivity index (χ1n) is 8.58. The number of thiocarbonyl (C=S) groups is 1. The van der Waals surface area contributed by atoms with Gasteiger partial charge in [-0.05, 0) is 30.9 Å². The van der Waals surface area contributed by atoms with E-state index in [9.17, 15) is 4.79 Å². The van der Waals surface area contributed by atoms with Gasteiger partial charge >= 0.3 is 0 Å². The molecule has 0 atom stereocenters. The molecule has 4 N–H and O–H groups in total. The molecule has 26 heavy (non-hydrogen) atoms. The fourth-order valence-corrected chi connectivity index (χ4v) is 3.28. The van der Waals surface area contributed by atoms with Crippen molar-refractivity contribution in [2.75, 3.05) is 36.1 Å². The van der Waals surface area contributed by atoms with Crippen LogP contribution in [0.25, 0.3) is 0 Å². The summed E-state index contributed by atoms with van der Waals surface area (Å²) >= 11 is 5.37. The van der Waals surface area contributed by atoms with Crippen LogP contribution in [0, 0.1) is 5.92 Å². The first kappa shape index (κ1) is 18.2. The van der Waals surface area contributed by atoms with E-state index in [2.05, 4.69) is 27.1 Å². The third kappa shape index (κ3) is 3.96. The van der Waals surface area contributed by atoms with Crippen molar-refractivity contribution in [3.05, 3.63) is 40.2 Å². The van der Waals surface area contributed by atoms with Gasteiger partial charge < -0.3 is 20.7 Å². The van der Waals surface area contributed by atoms with E-state index in [0.717, 1.165) is 25.9 Å².